The van der Waals surface area contributed by atoms with E-state index in [9.17, 15) is 19.2 Å². The number of carbonyl (C=O) groups is 3. The zero-order chi connectivity index (χ0) is 22.1. The molecule has 1 aromatic heterocycles. The molecule has 0 bridgehead atoms. The van der Waals surface area contributed by atoms with Gasteiger partial charge in [0.2, 0.25) is 11.8 Å². The highest BCUT2D eigenvalue weighted by molar-refractivity contribution is 5.99. The van der Waals surface area contributed by atoms with Crippen LogP contribution >= 0.6 is 0 Å². The van der Waals surface area contributed by atoms with Crippen LogP contribution < -0.4 is 16.2 Å². The molecule has 2 aliphatic rings. The van der Waals surface area contributed by atoms with Gasteiger partial charge in [0, 0.05) is 30.0 Å². The zero-order valence-electron chi connectivity index (χ0n) is 17.5. The summed E-state index contributed by atoms with van der Waals surface area (Å²) in [5, 5.41) is 5.22. The lowest BCUT2D eigenvalue weighted by atomic mass is 9.90. The fraction of sp³-hybridized carbons (Fsp3) is 0.348. The summed E-state index contributed by atoms with van der Waals surface area (Å²) in [6.45, 7) is 3.88. The largest absolute Gasteiger partial charge is 0.351 e. The maximum atomic E-state index is 13.4. The normalized spacial score (nSPS) is 20.2. The van der Waals surface area contributed by atoms with E-state index in [0.29, 0.717) is 29.1 Å². The molecule has 1 aliphatic heterocycles. The van der Waals surface area contributed by atoms with Crippen molar-refractivity contribution in [3.63, 3.8) is 0 Å². The van der Waals surface area contributed by atoms with E-state index in [1.54, 1.807) is 19.1 Å². The summed E-state index contributed by atoms with van der Waals surface area (Å²) >= 11 is 0. The first-order valence-corrected chi connectivity index (χ1v) is 10.3. The lowest BCUT2D eigenvalue weighted by molar-refractivity contribution is -0.135. The number of amides is 3. The molecule has 2 N–H and O–H groups in total. The van der Waals surface area contributed by atoms with Gasteiger partial charge in [-0.2, -0.15) is 0 Å². The minimum atomic E-state index is -0.767. The topological polar surface area (TPSA) is 110 Å². The molecule has 8 nitrogen and oxygen atoms in total. The number of aromatic nitrogens is 2. The van der Waals surface area contributed by atoms with E-state index in [1.165, 1.54) is 4.57 Å². The molecule has 0 spiro atoms. The second-order valence-electron chi connectivity index (χ2n) is 8.01. The van der Waals surface area contributed by atoms with Gasteiger partial charge in [-0.05, 0) is 44.9 Å². The second-order valence-corrected chi connectivity index (χ2v) is 8.01. The van der Waals surface area contributed by atoms with Crippen LogP contribution in [0.3, 0.4) is 0 Å². The number of aryl methyl sites for hydroxylation is 2. The fourth-order valence-electron chi connectivity index (χ4n) is 4.23. The molecular weight excluding hydrogens is 396 g/mol. The predicted molar refractivity (Wildman–Crippen MR) is 115 cm³/mol. The number of benzene rings is 1. The Bertz CT molecular complexity index is 1160. The Morgan fingerprint density at radius 2 is 2.06 bits per heavy atom. The summed E-state index contributed by atoms with van der Waals surface area (Å²) < 4.78 is 1.38. The first kappa shape index (κ1) is 20.7. The van der Waals surface area contributed by atoms with Crippen LogP contribution in [-0.4, -0.2) is 33.8 Å². The van der Waals surface area contributed by atoms with Gasteiger partial charge in [-0.1, -0.05) is 23.8 Å². The first-order valence-electron chi connectivity index (χ1n) is 10.3. The molecule has 0 radical (unpaired) electrons. The lowest BCUT2D eigenvalue weighted by Gasteiger charge is -2.27. The number of fused-ring (bicyclic) bond motifs is 1. The highest BCUT2D eigenvalue weighted by Crippen LogP contribution is 2.27. The molecule has 2 atom stereocenters. The molecule has 1 aromatic carbocycles. The van der Waals surface area contributed by atoms with Crippen LogP contribution in [0.4, 0.5) is 0 Å². The van der Waals surface area contributed by atoms with Crippen LogP contribution in [0.2, 0.25) is 0 Å². The van der Waals surface area contributed by atoms with Crippen molar-refractivity contribution in [3.05, 3.63) is 68.9 Å². The van der Waals surface area contributed by atoms with Crippen LogP contribution in [0.25, 0.3) is 6.08 Å². The minimum absolute atomic E-state index is 0.176. The van der Waals surface area contributed by atoms with Crippen molar-refractivity contribution in [1.82, 2.24) is 20.2 Å². The number of rotatable bonds is 4. The zero-order valence-corrected chi connectivity index (χ0v) is 17.5. The second kappa shape index (κ2) is 8.29. The Morgan fingerprint density at radius 1 is 1.26 bits per heavy atom. The van der Waals surface area contributed by atoms with Crippen molar-refractivity contribution in [2.75, 3.05) is 6.54 Å². The minimum Gasteiger partial charge on any atom is -0.351 e. The molecule has 160 valence electrons. The van der Waals surface area contributed by atoms with Crippen LogP contribution in [0.5, 0.6) is 0 Å². The Labute approximate surface area is 179 Å². The highest BCUT2D eigenvalue weighted by atomic mass is 16.2. The number of imide groups is 1. The van der Waals surface area contributed by atoms with Crippen LogP contribution in [0, 0.1) is 13.8 Å². The van der Waals surface area contributed by atoms with E-state index < -0.39 is 11.9 Å². The maximum Gasteiger partial charge on any atom is 0.258 e. The summed E-state index contributed by atoms with van der Waals surface area (Å²) in [4.78, 5) is 54.4. The number of nitrogens with zero attached hydrogens (tertiary/aromatic N) is 2. The highest BCUT2D eigenvalue weighted by Gasteiger charge is 2.33. The fourth-order valence-corrected chi connectivity index (χ4v) is 4.23. The standard InChI is InChI=1S/C23H24N4O4/c1-13-5-3-6-15(11-13)21(29)24-12-16-7-4-8-17-20(16)23(31)27(14(2)25-17)18-9-10-19(28)26-22(18)30/h3-6,8,11,16,18H,7,9-10,12H2,1-2H3,(H,24,29)(H,26,28,30). The van der Waals surface area contributed by atoms with Gasteiger partial charge >= 0.3 is 0 Å². The van der Waals surface area contributed by atoms with Crippen molar-refractivity contribution in [2.45, 2.75) is 45.1 Å². The Kier molecular flexibility index (Phi) is 5.54. The number of carbonyl (C=O) groups excluding carboxylic acids is 3. The number of piperidine rings is 1. The smallest absolute Gasteiger partial charge is 0.258 e. The average Bonchev–Trinajstić information content (AvgIpc) is 2.73. The van der Waals surface area contributed by atoms with E-state index in [-0.39, 0.29) is 42.7 Å². The van der Waals surface area contributed by atoms with Gasteiger partial charge in [-0.3, -0.25) is 29.1 Å². The SMILES string of the molecule is Cc1cccc(C(=O)NCC2CC=Cc3nc(C)n(C4CCC(=O)NC4=O)c(=O)c32)c1. The van der Waals surface area contributed by atoms with E-state index in [0.717, 1.165) is 5.56 Å². The maximum absolute atomic E-state index is 13.4. The summed E-state index contributed by atoms with van der Waals surface area (Å²) in [5.41, 5.74) is 2.31. The molecule has 31 heavy (non-hydrogen) atoms. The van der Waals surface area contributed by atoms with Crippen LogP contribution in [0.1, 0.15) is 64.2 Å². The van der Waals surface area contributed by atoms with Gasteiger partial charge < -0.3 is 5.32 Å². The first-order chi connectivity index (χ1) is 14.8. The summed E-state index contributed by atoms with van der Waals surface area (Å²) in [6.07, 6.45) is 4.76. The Balaban J connectivity index is 1.62. The molecule has 1 fully saturated rings. The van der Waals surface area contributed by atoms with E-state index >= 15 is 0 Å². The van der Waals surface area contributed by atoms with Gasteiger partial charge in [0.15, 0.2) is 0 Å². The molecular formula is C23H24N4O4. The molecule has 8 heteroatoms. The molecule has 1 aliphatic carbocycles. The quantitative estimate of drug-likeness (QED) is 0.733. The molecule has 4 rings (SSSR count). The van der Waals surface area contributed by atoms with Crippen molar-refractivity contribution in [3.8, 4) is 0 Å². The molecule has 1 saturated heterocycles. The third-order valence-electron chi connectivity index (χ3n) is 5.77. The molecule has 2 unspecified atom stereocenters. The number of allylic oxidation sites excluding steroid dienone is 1. The van der Waals surface area contributed by atoms with Gasteiger partial charge in [0.05, 0.1) is 5.69 Å². The van der Waals surface area contributed by atoms with Crippen molar-refractivity contribution >= 4 is 23.8 Å². The number of hydrogen-bond donors (Lipinski definition) is 2. The van der Waals surface area contributed by atoms with Gasteiger partial charge in [0.25, 0.3) is 11.5 Å². The summed E-state index contributed by atoms with van der Waals surface area (Å²) in [7, 11) is 0. The van der Waals surface area contributed by atoms with Crippen molar-refractivity contribution < 1.29 is 14.4 Å². The average molecular weight is 420 g/mol. The summed E-state index contributed by atoms with van der Waals surface area (Å²) in [6, 6.07) is 6.54. The molecule has 2 heterocycles. The van der Waals surface area contributed by atoms with E-state index in [1.807, 2.05) is 31.2 Å². The Hall–Kier alpha value is -3.55. The van der Waals surface area contributed by atoms with Gasteiger partial charge in [-0.25, -0.2) is 4.98 Å². The molecule has 2 aromatic rings. The summed E-state index contributed by atoms with van der Waals surface area (Å²) in [5.74, 6) is -0.858. The third kappa shape index (κ3) is 4.05. The molecule has 0 saturated carbocycles. The van der Waals surface area contributed by atoms with Gasteiger partial charge in [-0.15, -0.1) is 0 Å². The van der Waals surface area contributed by atoms with E-state index in [4.69, 9.17) is 0 Å². The molecule has 3 amide bonds. The van der Waals surface area contributed by atoms with Crippen LogP contribution in [0.15, 0.2) is 35.1 Å². The lowest BCUT2D eigenvalue weighted by Crippen LogP contribution is -2.46. The number of hydrogen-bond acceptors (Lipinski definition) is 5. The van der Waals surface area contributed by atoms with Crippen molar-refractivity contribution in [2.24, 2.45) is 0 Å². The van der Waals surface area contributed by atoms with Gasteiger partial charge in [0.1, 0.15) is 11.9 Å². The predicted octanol–water partition coefficient (Wildman–Crippen LogP) is 1.77. The number of nitrogens with one attached hydrogen (secondary N) is 2. The van der Waals surface area contributed by atoms with E-state index in [2.05, 4.69) is 15.6 Å². The monoisotopic (exact) mass is 420 g/mol. The van der Waals surface area contributed by atoms with Crippen molar-refractivity contribution in [1.29, 1.82) is 0 Å². The van der Waals surface area contributed by atoms with Crippen LogP contribution in [-0.2, 0) is 9.59 Å². The Morgan fingerprint density at radius 3 is 2.81 bits per heavy atom. The third-order valence-corrected chi connectivity index (χ3v) is 5.77.